The number of hydrogen-bond donors (Lipinski definition) is 1. The maximum Gasteiger partial charge on any atom is 2.00 e. The average Bonchev–Trinajstić information content (AvgIpc) is 3.09. The number of carbonyl (C=O) groups is 2. The fraction of sp³-hybridized carbons (Fsp3) is 0.386. The molecule has 0 spiro atoms. The van der Waals surface area contributed by atoms with E-state index in [9.17, 15) is 18.0 Å². The fourth-order valence-electron chi connectivity index (χ4n) is 4.06. The van der Waals surface area contributed by atoms with Gasteiger partial charge < -0.3 is 26.5 Å². The zero-order chi connectivity index (χ0) is 40.7. The average molecular weight is 878 g/mol. The maximum absolute atomic E-state index is 12.7. The molecule has 12 heteroatoms. The Kier molecular flexibility index (Phi) is 22.8. The molecule has 4 aromatic rings. The van der Waals surface area contributed by atoms with Crippen molar-refractivity contribution < 1.29 is 44.5 Å². The van der Waals surface area contributed by atoms with Crippen LogP contribution in [-0.2, 0) is 31.4 Å². The zero-order valence-electron chi connectivity index (χ0n) is 34.8. The predicted molar refractivity (Wildman–Crippen MR) is 229 cm³/mol. The molecular weight excluding hydrogens is 821 g/mol. The summed E-state index contributed by atoms with van der Waals surface area (Å²) in [5.41, 5.74) is 2.68. The first-order valence-electron chi connectivity index (χ1n) is 17.7. The predicted octanol–water partition coefficient (Wildman–Crippen LogP) is 6.42. The van der Waals surface area contributed by atoms with E-state index < -0.39 is 33.2 Å². The van der Waals surface area contributed by atoms with Crippen LogP contribution in [0.5, 0.6) is 0 Å². The molecule has 3 atom stereocenters. The van der Waals surface area contributed by atoms with E-state index >= 15 is 0 Å². The summed E-state index contributed by atoms with van der Waals surface area (Å²) in [4.78, 5) is 24.1. The molecular formula is C44H57BrMgN2O6S2. The van der Waals surface area contributed by atoms with Crippen molar-refractivity contribution in [3.05, 3.63) is 143 Å². The van der Waals surface area contributed by atoms with Crippen LogP contribution < -0.4 is 21.7 Å². The molecule has 0 aliphatic rings. The molecule has 0 bridgehead atoms. The van der Waals surface area contributed by atoms with Crippen molar-refractivity contribution in [1.29, 1.82) is 0 Å². The van der Waals surface area contributed by atoms with Crippen molar-refractivity contribution >= 4 is 63.2 Å². The van der Waals surface area contributed by atoms with Crippen LogP contribution in [0.4, 0.5) is 0 Å². The fourth-order valence-corrected chi connectivity index (χ4v) is 5.43. The number of nitrogens with one attached hydrogen (secondary N) is 1. The molecule has 0 fully saturated rings. The van der Waals surface area contributed by atoms with E-state index in [2.05, 4.69) is 15.2 Å². The Morgan fingerprint density at radius 3 is 1.39 bits per heavy atom. The number of rotatable bonds is 8. The molecule has 0 amide bonds. The second-order valence-corrected chi connectivity index (χ2v) is 20.2. The Bertz CT molecular complexity index is 1800. The molecule has 0 heterocycles. The van der Waals surface area contributed by atoms with Gasteiger partial charge in [0.1, 0.15) is 22.2 Å². The molecule has 0 aromatic heterocycles. The molecule has 8 nitrogen and oxygen atoms in total. The topological polar surface area (TPSA) is 111 Å². The van der Waals surface area contributed by atoms with E-state index in [1.54, 1.807) is 42.6 Å². The number of esters is 2. The van der Waals surface area contributed by atoms with Gasteiger partial charge in [-0.05, 0) is 124 Å². The third kappa shape index (κ3) is 21.0. The SMILES string of the molecule is CC(C)(C)OC(=O)c1ccc(C=N[S@](=O)C(C)(C)C)cc1.CC(C)(C)OC(=O)c1ccc([C@@H](N[S@](=O)C(C)(C)C)c2ccccc2)cc1.[Br-].[Mg+2].[c-]1ccccc1. The van der Waals surface area contributed by atoms with Gasteiger partial charge in [0.15, 0.2) is 0 Å². The third-order valence-corrected chi connectivity index (χ3v) is 9.67. The van der Waals surface area contributed by atoms with Crippen LogP contribution in [0.25, 0.3) is 0 Å². The van der Waals surface area contributed by atoms with E-state index in [1.807, 2.05) is 156 Å². The van der Waals surface area contributed by atoms with E-state index in [1.165, 1.54) is 0 Å². The van der Waals surface area contributed by atoms with Gasteiger partial charge in [-0.3, -0.25) is 0 Å². The summed E-state index contributed by atoms with van der Waals surface area (Å²) < 4.78 is 41.7. The quantitative estimate of drug-likeness (QED) is 0.0949. The van der Waals surface area contributed by atoms with Gasteiger partial charge in [0, 0.05) is 6.21 Å². The number of benzene rings is 4. The minimum atomic E-state index is -1.29. The van der Waals surface area contributed by atoms with Gasteiger partial charge in [-0.15, -0.1) is 0 Å². The van der Waals surface area contributed by atoms with Crippen molar-refractivity contribution in [1.82, 2.24) is 4.72 Å². The summed E-state index contributed by atoms with van der Waals surface area (Å²) in [6.45, 7) is 22.4. The minimum Gasteiger partial charge on any atom is -1.00 e. The zero-order valence-corrected chi connectivity index (χ0v) is 39.5. The molecule has 0 saturated carbocycles. The van der Waals surface area contributed by atoms with Crippen LogP contribution >= 0.6 is 0 Å². The summed E-state index contributed by atoms with van der Waals surface area (Å²) >= 11 is 0. The second-order valence-electron chi connectivity index (χ2n) is 16.3. The van der Waals surface area contributed by atoms with Crippen LogP contribution in [0, 0.1) is 6.07 Å². The Balaban J connectivity index is 0.000000927. The first-order valence-corrected chi connectivity index (χ1v) is 20.0. The Morgan fingerprint density at radius 1 is 0.625 bits per heavy atom. The Labute approximate surface area is 367 Å². The number of carbonyl (C=O) groups excluding carboxylic acids is 2. The number of hydrogen-bond acceptors (Lipinski definition) is 6. The molecule has 4 aromatic carbocycles. The first kappa shape index (κ1) is 53.0. The molecule has 4 rings (SSSR count). The summed E-state index contributed by atoms with van der Waals surface area (Å²) in [6, 6.07) is 36.2. The third-order valence-electron chi connectivity index (χ3n) is 6.77. The summed E-state index contributed by atoms with van der Waals surface area (Å²) in [7, 11) is -2.53. The van der Waals surface area contributed by atoms with E-state index in [-0.39, 0.29) is 67.5 Å². The van der Waals surface area contributed by atoms with E-state index in [4.69, 9.17) is 9.47 Å². The van der Waals surface area contributed by atoms with Gasteiger partial charge in [0.2, 0.25) is 0 Å². The molecule has 0 aliphatic heterocycles. The Morgan fingerprint density at radius 2 is 1.04 bits per heavy atom. The standard InChI is InChI=1S/C22H29NO3S.C16H23NO3S.C6H5.BrH.Mg/c1-21(2,3)26-20(24)18-14-12-17(13-15-18)19(16-10-8-7-9-11-16)23-27(25)22(4,5)6;1-15(2,3)20-14(18)13-9-7-12(8-10-13)11-17-21(19)16(4,5)6;1-2-4-6-5-3-1;;/h7-15,19,23H,1-6H3;7-11H,1-6H3;1-5H;1H;/q;;-1;;+2/p-1/t19-,27+;21-;;;/m01.../s1. The van der Waals surface area contributed by atoms with E-state index in [0.717, 1.165) is 16.7 Å². The minimum absolute atomic E-state index is 0. The Hall–Kier alpha value is -3.00. The monoisotopic (exact) mass is 876 g/mol. The first-order chi connectivity index (χ1) is 25.0. The largest absolute Gasteiger partial charge is 2.00 e. The maximum atomic E-state index is 12.7. The van der Waals surface area contributed by atoms with Gasteiger partial charge in [-0.1, -0.05) is 54.6 Å². The second kappa shape index (κ2) is 24.0. The van der Waals surface area contributed by atoms with Crippen molar-refractivity contribution in [2.75, 3.05) is 0 Å². The molecule has 0 aliphatic carbocycles. The van der Waals surface area contributed by atoms with Gasteiger partial charge in [0.25, 0.3) is 0 Å². The summed E-state index contributed by atoms with van der Waals surface area (Å²) in [6.07, 6.45) is 1.56. The normalized spacial score (nSPS) is 13.1. The van der Waals surface area contributed by atoms with Gasteiger partial charge in [-0.2, -0.15) is 40.8 Å². The van der Waals surface area contributed by atoms with Crippen LogP contribution in [-0.4, -0.2) is 70.3 Å². The molecule has 56 heavy (non-hydrogen) atoms. The summed E-state index contributed by atoms with van der Waals surface area (Å²) in [5, 5.41) is 0. The van der Waals surface area contributed by atoms with Gasteiger partial charge >= 0.3 is 35.0 Å². The molecule has 0 unspecified atom stereocenters. The van der Waals surface area contributed by atoms with Gasteiger partial charge in [0.05, 0.1) is 37.6 Å². The number of ether oxygens (including phenoxy) is 2. The van der Waals surface area contributed by atoms with Crippen molar-refractivity contribution in [2.45, 2.75) is 110 Å². The summed E-state index contributed by atoms with van der Waals surface area (Å²) in [5.74, 6) is -0.708. The molecule has 1 N–H and O–H groups in total. The molecule has 300 valence electrons. The van der Waals surface area contributed by atoms with Crippen LogP contribution in [0.15, 0.2) is 114 Å². The van der Waals surface area contributed by atoms with Crippen molar-refractivity contribution in [3.63, 3.8) is 0 Å². The van der Waals surface area contributed by atoms with Gasteiger partial charge in [-0.25, -0.2) is 22.7 Å². The van der Waals surface area contributed by atoms with E-state index in [0.29, 0.717) is 11.1 Å². The number of nitrogens with zero attached hydrogens (tertiary/aromatic N) is 1. The number of halogens is 1. The van der Waals surface area contributed by atoms with Crippen LogP contribution in [0.3, 0.4) is 0 Å². The van der Waals surface area contributed by atoms with Crippen LogP contribution in [0.1, 0.15) is 127 Å². The smallest absolute Gasteiger partial charge is 1.00 e. The van der Waals surface area contributed by atoms with Crippen molar-refractivity contribution in [3.8, 4) is 0 Å². The van der Waals surface area contributed by atoms with Crippen molar-refractivity contribution in [2.24, 2.45) is 4.40 Å². The van der Waals surface area contributed by atoms with Crippen LogP contribution in [0.2, 0.25) is 0 Å². The molecule has 0 saturated heterocycles. The molecule has 0 radical (unpaired) electrons.